The highest BCUT2D eigenvalue weighted by Crippen LogP contribution is 2.34. The molecule has 0 aliphatic carbocycles. The SMILES string of the molecule is CCCN1C(=O)/C(=C/c2cccn2-c2cccc(Br)c2)SC1=Nc1ccccc1. The minimum absolute atomic E-state index is 0.00789. The number of para-hydroxylation sites is 1. The molecule has 29 heavy (non-hydrogen) atoms. The highest BCUT2D eigenvalue weighted by atomic mass is 79.9. The van der Waals surface area contributed by atoms with Crippen LogP contribution in [-0.2, 0) is 4.79 Å². The molecule has 1 aliphatic rings. The monoisotopic (exact) mass is 465 g/mol. The first-order valence-electron chi connectivity index (χ1n) is 9.44. The molecule has 6 heteroatoms. The van der Waals surface area contributed by atoms with E-state index in [-0.39, 0.29) is 5.91 Å². The number of amidine groups is 1. The number of rotatable bonds is 5. The lowest BCUT2D eigenvalue weighted by atomic mass is 10.3. The highest BCUT2D eigenvalue weighted by Gasteiger charge is 2.33. The van der Waals surface area contributed by atoms with E-state index in [4.69, 9.17) is 4.99 Å². The molecule has 0 atom stereocenters. The van der Waals surface area contributed by atoms with Crippen molar-refractivity contribution in [1.82, 2.24) is 9.47 Å². The molecule has 4 rings (SSSR count). The number of hydrogen-bond donors (Lipinski definition) is 0. The number of aliphatic imine (C=N–C) groups is 1. The fourth-order valence-corrected chi connectivity index (χ4v) is 4.53. The van der Waals surface area contributed by atoms with Crippen molar-refractivity contribution in [3.05, 3.63) is 88.0 Å². The Morgan fingerprint density at radius 3 is 2.66 bits per heavy atom. The second-order valence-electron chi connectivity index (χ2n) is 6.58. The molecule has 0 radical (unpaired) electrons. The first-order valence-corrected chi connectivity index (χ1v) is 11.0. The van der Waals surface area contributed by atoms with Gasteiger partial charge in [0.05, 0.1) is 10.6 Å². The van der Waals surface area contributed by atoms with E-state index in [0.717, 1.165) is 33.1 Å². The van der Waals surface area contributed by atoms with Crippen LogP contribution in [0, 0.1) is 0 Å². The van der Waals surface area contributed by atoms with Crippen LogP contribution in [0.1, 0.15) is 19.0 Å². The van der Waals surface area contributed by atoms with Crippen molar-refractivity contribution in [2.24, 2.45) is 4.99 Å². The van der Waals surface area contributed by atoms with Gasteiger partial charge in [-0.2, -0.15) is 0 Å². The topological polar surface area (TPSA) is 37.6 Å². The molecule has 1 aromatic heterocycles. The number of hydrogen-bond acceptors (Lipinski definition) is 3. The van der Waals surface area contributed by atoms with Crippen LogP contribution in [0.25, 0.3) is 11.8 Å². The van der Waals surface area contributed by atoms with E-state index in [0.29, 0.717) is 11.4 Å². The van der Waals surface area contributed by atoms with Gasteiger partial charge in [-0.15, -0.1) is 0 Å². The van der Waals surface area contributed by atoms with Crippen LogP contribution >= 0.6 is 27.7 Å². The Morgan fingerprint density at radius 2 is 1.90 bits per heavy atom. The van der Waals surface area contributed by atoms with E-state index in [9.17, 15) is 4.79 Å². The number of benzene rings is 2. The van der Waals surface area contributed by atoms with Crippen molar-refractivity contribution < 1.29 is 4.79 Å². The summed E-state index contributed by atoms with van der Waals surface area (Å²) in [6.45, 7) is 2.72. The third kappa shape index (κ3) is 4.38. The van der Waals surface area contributed by atoms with Gasteiger partial charge in [-0.3, -0.25) is 9.69 Å². The normalized spacial score (nSPS) is 16.9. The number of carbonyl (C=O) groups excluding carboxylic acids is 1. The molecule has 0 N–H and O–H groups in total. The van der Waals surface area contributed by atoms with Gasteiger partial charge in [0.2, 0.25) is 0 Å². The van der Waals surface area contributed by atoms with Gasteiger partial charge in [0.25, 0.3) is 5.91 Å². The van der Waals surface area contributed by atoms with Crippen LogP contribution in [0.2, 0.25) is 0 Å². The molecule has 1 aliphatic heterocycles. The number of amides is 1. The Kier molecular flexibility index (Phi) is 6.02. The fraction of sp³-hybridized carbons (Fsp3) is 0.130. The van der Waals surface area contributed by atoms with Crippen LogP contribution in [0.15, 0.2) is 87.3 Å². The summed E-state index contributed by atoms with van der Waals surface area (Å²) in [5.41, 5.74) is 2.84. The third-order valence-electron chi connectivity index (χ3n) is 4.46. The van der Waals surface area contributed by atoms with Crippen LogP contribution in [0.5, 0.6) is 0 Å². The van der Waals surface area contributed by atoms with Crippen LogP contribution < -0.4 is 0 Å². The predicted molar refractivity (Wildman–Crippen MR) is 125 cm³/mol. The standard InChI is InChI=1S/C23H20BrN3OS/c1-2-13-27-22(28)21(29-23(27)25-18-9-4-3-5-10-18)16-20-12-7-14-26(20)19-11-6-8-17(24)15-19/h3-12,14-16H,2,13H2,1H3/b21-16-,25-23?. The molecule has 0 unspecified atom stereocenters. The van der Waals surface area contributed by atoms with Crippen molar-refractivity contribution in [2.75, 3.05) is 6.54 Å². The molecule has 146 valence electrons. The Balaban J connectivity index is 1.69. The zero-order valence-electron chi connectivity index (χ0n) is 16.0. The van der Waals surface area contributed by atoms with Crippen molar-refractivity contribution in [1.29, 1.82) is 0 Å². The zero-order valence-corrected chi connectivity index (χ0v) is 18.4. The van der Waals surface area contributed by atoms with Gasteiger partial charge in [0.15, 0.2) is 5.17 Å². The lowest BCUT2D eigenvalue weighted by Crippen LogP contribution is -2.29. The Labute approximate surface area is 183 Å². The van der Waals surface area contributed by atoms with Gasteiger partial charge in [-0.25, -0.2) is 4.99 Å². The average Bonchev–Trinajstić information content (AvgIpc) is 3.30. The van der Waals surface area contributed by atoms with E-state index in [2.05, 4.69) is 33.5 Å². The van der Waals surface area contributed by atoms with Gasteiger partial charge >= 0.3 is 0 Å². The van der Waals surface area contributed by atoms with E-state index in [1.807, 2.05) is 72.9 Å². The van der Waals surface area contributed by atoms with Crippen LogP contribution in [0.4, 0.5) is 5.69 Å². The highest BCUT2D eigenvalue weighted by molar-refractivity contribution is 9.10. The summed E-state index contributed by atoms with van der Waals surface area (Å²) in [7, 11) is 0. The maximum Gasteiger partial charge on any atom is 0.266 e. The van der Waals surface area contributed by atoms with E-state index in [1.54, 1.807) is 4.90 Å². The lowest BCUT2D eigenvalue weighted by Gasteiger charge is -2.13. The summed E-state index contributed by atoms with van der Waals surface area (Å²) >= 11 is 4.96. The number of nitrogens with zero attached hydrogens (tertiary/aromatic N) is 3. The maximum atomic E-state index is 13.1. The molecule has 0 saturated carbocycles. The van der Waals surface area contributed by atoms with Crippen molar-refractivity contribution in [3.63, 3.8) is 0 Å². The predicted octanol–water partition coefficient (Wildman–Crippen LogP) is 6.25. The minimum Gasteiger partial charge on any atom is -0.317 e. The van der Waals surface area contributed by atoms with E-state index >= 15 is 0 Å². The summed E-state index contributed by atoms with van der Waals surface area (Å²) in [6, 6.07) is 21.8. The van der Waals surface area contributed by atoms with Crippen molar-refractivity contribution in [2.45, 2.75) is 13.3 Å². The maximum absolute atomic E-state index is 13.1. The fourth-order valence-electron chi connectivity index (χ4n) is 3.13. The zero-order chi connectivity index (χ0) is 20.2. The number of thioether (sulfide) groups is 1. The second kappa shape index (κ2) is 8.84. The first kappa shape index (κ1) is 19.7. The molecule has 1 fully saturated rings. The molecule has 1 saturated heterocycles. The molecule has 3 aromatic rings. The molecule has 0 spiro atoms. The first-order chi connectivity index (χ1) is 14.2. The molecule has 4 nitrogen and oxygen atoms in total. The summed E-state index contributed by atoms with van der Waals surface area (Å²) < 4.78 is 3.09. The number of carbonyl (C=O) groups is 1. The van der Waals surface area contributed by atoms with Crippen LogP contribution in [0.3, 0.4) is 0 Å². The largest absolute Gasteiger partial charge is 0.317 e. The smallest absolute Gasteiger partial charge is 0.266 e. The van der Waals surface area contributed by atoms with Gasteiger partial charge < -0.3 is 4.57 Å². The average molecular weight is 466 g/mol. The van der Waals surface area contributed by atoms with Gasteiger partial charge in [0, 0.05) is 28.6 Å². The van der Waals surface area contributed by atoms with Crippen LogP contribution in [-0.4, -0.2) is 27.1 Å². The summed E-state index contributed by atoms with van der Waals surface area (Å²) in [4.78, 5) is 20.2. The second-order valence-corrected chi connectivity index (χ2v) is 8.51. The Morgan fingerprint density at radius 1 is 1.07 bits per heavy atom. The molecule has 1 amide bonds. The van der Waals surface area contributed by atoms with Gasteiger partial charge in [0.1, 0.15) is 0 Å². The Hall–Kier alpha value is -2.57. The van der Waals surface area contributed by atoms with Gasteiger partial charge in [-0.05, 0) is 66.7 Å². The van der Waals surface area contributed by atoms with E-state index in [1.165, 1.54) is 11.8 Å². The molecule has 2 heterocycles. The van der Waals surface area contributed by atoms with Crippen molar-refractivity contribution >= 4 is 50.5 Å². The number of halogens is 1. The molecular weight excluding hydrogens is 446 g/mol. The summed E-state index contributed by atoms with van der Waals surface area (Å²) in [5, 5.41) is 0.731. The van der Waals surface area contributed by atoms with Gasteiger partial charge in [-0.1, -0.05) is 47.1 Å². The third-order valence-corrected chi connectivity index (χ3v) is 5.96. The lowest BCUT2D eigenvalue weighted by molar-refractivity contribution is -0.122. The summed E-state index contributed by atoms with van der Waals surface area (Å²) in [6.07, 6.45) is 4.83. The minimum atomic E-state index is 0.00789. The van der Waals surface area contributed by atoms with E-state index < -0.39 is 0 Å². The molecule has 2 aromatic carbocycles. The molecular formula is C23H20BrN3OS. The quantitative estimate of drug-likeness (QED) is 0.417. The Bertz CT molecular complexity index is 1090. The number of aromatic nitrogens is 1. The molecule has 0 bridgehead atoms. The summed E-state index contributed by atoms with van der Waals surface area (Å²) in [5.74, 6) is 0.00789. The van der Waals surface area contributed by atoms with Crippen molar-refractivity contribution in [3.8, 4) is 5.69 Å².